The highest BCUT2D eigenvalue weighted by Crippen LogP contribution is 2.43. The predicted molar refractivity (Wildman–Crippen MR) is 378 cm³/mol. The molecule has 4 aromatic carbocycles. The van der Waals surface area contributed by atoms with Crippen LogP contribution in [0.15, 0.2) is 77.8 Å². The van der Waals surface area contributed by atoms with E-state index >= 15 is 0 Å². The fourth-order valence-electron chi connectivity index (χ4n) is 11.1. The monoisotopic (exact) mass is 1410 g/mol. The van der Waals surface area contributed by atoms with Gasteiger partial charge in [0.1, 0.15) is 18.7 Å². The molecule has 4 aromatic rings. The van der Waals surface area contributed by atoms with Crippen LogP contribution in [0, 0.1) is 5.92 Å². The van der Waals surface area contributed by atoms with Crippen LogP contribution < -0.4 is 55.3 Å². The third-order valence-corrected chi connectivity index (χ3v) is 18.1. The van der Waals surface area contributed by atoms with Crippen molar-refractivity contribution >= 4 is 94.1 Å². The molecular formula is C72H97N9O18S. The molecule has 1 fully saturated rings. The highest BCUT2D eigenvalue weighted by molar-refractivity contribution is 8.00. The SMILES string of the molecule is CCCCCCSC1CC(=O)N(CCC(=O)NCCOCCOCCOCCOCCC(=O)NC(C(=O)NC(C)C(=O)Nc2ccc(COC(=O)N(c3cc(OC(C)Oc4cc5c(cc4OC)C(=O)N4c6ccccc6C[C@H]4C=N5)c(OC)cc3C(=O)NC)C(C)CC)cc2)C(C)C)C1=O. The zero-order chi connectivity index (χ0) is 72.3. The van der Waals surface area contributed by atoms with E-state index in [1.54, 1.807) is 75.2 Å². The van der Waals surface area contributed by atoms with E-state index in [4.69, 9.17) is 47.6 Å². The molecule has 0 saturated carbocycles. The summed E-state index contributed by atoms with van der Waals surface area (Å²) in [6.45, 7) is 14.8. The number of amides is 9. The fraction of sp³-hybridized carbons (Fsp3) is 0.528. The summed E-state index contributed by atoms with van der Waals surface area (Å²) in [6, 6.07) is 17.8. The summed E-state index contributed by atoms with van der Waals surface area (Å²) in [6.07, 6.45) is 5.66. The number of fused-ring (bicyclic) bond motifs is 4. The predicted octanol–water partition coefficient (Wildman–Crippen LogP) is 8.08. The second-order valence-electron chi connectivity index (χ2n) is 24.5. The average Bonchev–Trinajstić information content (AvgIpc) is 1.63. The third kappa shape index (κ3) is 22.3. The van der Waals surface area contributed by atoms with Gasteiger partial charge in [-0.3, -0.25) is 58.0 Å². The van der Waals surface area contributed by atoms with Crippen molar-refractivity contribution in [1.82, 2.24) is 26.2 Å². The zero-order valence-corrected chi connectivity index (χ0v) is 59.8. The van der Waals surface area contributed by atoms with E-state index in [9.17, 15) is 43.2 Å². The molecule has 100 heavy (non-hydrogen) atoms. The molecule has 1 saturated heterocycles. The lowest BCUT2D eigenvalue weighted by Crippen LogP contribution is -2.53. The Hall–Kier alpha value is -8.83. The average molecular weight is 1410 g/mol. The van der Waals surface area contributed by atoms with E-state index in [0.29, 0.717) is 61.8 Å². The van der Waals surface area contributed by atoms with Gasteiger partial charge in [0.05, 0.1) is 101 Å². The molecule has 0 aliphatic carbocycles. The topological polar surface area (TPSA) is 319 Å². The maximum atomic E-state index is 14.3. The number of carbonyl (C=O) groups is 9. The summed E-state index contributed by atoms with van der Waals surface area (Å²) in [5.74, 6) is -1.61. The molecule has 5 N–H and O–H groups in total. The second-order valence-corrected chi connectivity index (χ2v) is 25.8. The molecule has 7 rings (SSSR count). The molecule has 3 heterocycles. The van der Waals surface area contributed by atoms with Crippen LogP contribution in [0.3, 0.4) is 0 Å². The highest BCUT2D eigenvalue weighted by atomic mass is 32.2. The Morgan fingerprint density at radius 1 is 0.710 bits per heavy atom. The number of nitrogens with one attached hydrogen (secondary N) is 5. The number of carbonyl (C=O) groups excluding carboxylic acids is 9. The molecule has 0 aromatic heterocycles. The smallest absolute Gasteiger partial charge is 0.414 e. The van der Waals surface area contributed by atoms with Gasteiger partial charge < -0.3 is 69.2 Å². The lowest BCUT2D eigenvalue weighted by atomic mass is 10.0. The van der Waals surface area contributed by atoms with E-state index < -0.39 is 54.1 Å². The summed E-state index contributed by atoms with van der Waals surface area (Å²) in [4.78, 5) is 128. The van der Waals surface area contributed by atoms with E-state index in [2.05, 4.69) is 33.5 Å². The first kappa shape index (κ1) is 78.5. The number of aliphatic imine (C=N–C) groups is 1. The molecule has 9 amide bonds. The van der Waals surface area contributed by atoms with Crippen molar-refractivity contribution in [3.63, 3.8) is 0 Å². The van der Waals surface area contributed by atoms with Gasteiger partial charge in [-0.2, -0.15) is 0 Å². The second kappa shape index (κ2) is 39.8. The number of thioether (sulfide) groups is 1. The summed E-state index contributed by atoms with van der Waals surface area (Å²) in [5.41, 5.74) is 3.83. The van der Waals surface area contributed by atoms with E-state index in [-0.39, 0.29) is 140 Å². The molecule has 0 bridgehead atoms. The molecule has 0 spiro atoms. The fourth-order valence-corrected chi connectivity index (χ4v) is 12.3. The molecule has 3 aliphatic rings. The number of anilines is 3. The quantitative estimate of drug-likeness (QED) is 0.0159. The molecule has 6 atom stereocenters. The van der Waals surface area contributed by atoms with Gasteiger partial charge in [0.25, 0.3) is 11.8 Å². The number of unbranched alkanes of at least 4 members (excludes halogenated alkanes) is 3. The van der Waals surface area contributed by atoms with Crippen LogP contribution in [0.2, 0.25) is 0 Å². The first-order chi connectivity index (χ1) is 48.2. The number of hydrogen-bond acceptors (Lipinski definition) is 20. The number of benzene rings is 4. The Morgan fingerprint density at radius 3 is 2.03 bits per heavy atom. The lowest BCUT2D eigenvalue weighted by Gasteiger charge is -2.30. The molecule has 0 radical (unpaired) electrons. The lowest BCUT2D eigenvalue weighted by molar-refractivity contribution is -0.138. The van der Waals surface area contributed by atoms with Gasteiger partial charge in [-0.25, -0.2) is 4.79 Å². The van der Waals surface area contributed by atoms with Crippen LogP contribution >= 0.6 is 11.8 Å². The summed E-state index contributed by atoms with van der Waals surface area (Å²) in [5, 5.41) is 13.2. The summed E-state index contributed by atoms with van der Waals surface area (Å²) in [7, 11) is 4.34. The molecule has 544 valence electrons. The first-order valence-electron chi connectivity index (χ1n) is 34.1. The van der Waals surface area contributed by atoms with Gasteiger partial charge in [0, 0.05) is 88.5 Å². The van der Waals surface area contributed by atoms with Gasteiger partial charge in [-0.15, -0.1) is 11.8 Å². The van der Waals surface area contributed by atoms with Crippen molar-refractivity contribution in [3.05, 3.63) is 95.1 Å². The molecule has 28 heteroatoms. The van der Waals surface area contributed by atoms with Crippen LogP contribution in [0.4, 0.5) is 27.5 Å². The van der Waals surface area contributed by atoms with Gasteiger partial charge >= 0.3 is 6.09 Å². The zero-order valence-electron chi connectivity index (χ0n) is 58.9. The number of hydrogen-bond donors (Lipinski definition) is 5. The normalized spacial score (nSPS) is 15.7. The molecule has 27 nitrogen and oxygen atoms in total. The maximum absolute atomic E-state index is 14.3. The third-order valence-electron chi connectivity index (χ3n) is 16.8. The van der Waals surface area contributed by atoms with Gasteiger partial charge in [0.15, 0.2) is 23.0 Å². The van der Waals surface area contributed by atoms with Gasteiger partial charge in [-0.05, 0) is 79.8 Å². The number of ether oxygens (including phenoxy) is 9. The molecular weight excluding hydrogens is 1310 g/mol. The minimum absolute atomic E-state index is 0.0209. The van der Waals surface area contributed by atoms with Crippen LogP contribution in [-0.4, -0.2) is 193 Å². The molecule has 5 unspecified atom stereocenters. The van der Waals surface area contributed by atoms with E-state index in [1.807, 2.05) is 31.2 Å². The Kier molecular flexibility index (Phi) is 31.3. The minimum Gasteiger partial charge on any atom is -0.493 e. The van der Waals surface area contributed by atoms with Crippen molar-refractivity contribution in [2.24, 2.45) is 10.9 Å². The number of para-hydroxylation sites is 1. The highest BCUT2D eigenvalue weighted by Gasteiger charge is 2.40. The minimum atomic E-state index is -1.04. The van der Waals surface area contributed by atoms with Crippen molar-refractivity contribution in [2.75, 3.05) is 108 Å². The Balaban J connectivity index is 0.788. The van der Waals surface area contributed by atoms with Crippen LogP contribution in [0.1, 0.15) is 132 Å². The first-order valence-corrected chi connectivity index (χ1v) is 35.2. The maximum Gasteiger partial charge on any atom is 0.414 e. The van der Waals surface area contributed by atoms with Crippen LogP contribution in [0.25, 0.3) is 0 Å². The molecule has 3 aliphatic heterocycles. The number of imide groups is 1. The van der Waals surface area contributed by atoms with Crippen molar-refractivity contribution in [3.8, 4) is 23.0 Å². The number of methoxy groups -OCH3 is 2. The van der Waals surface area contributed by atoms with Gasteiger partial charge in [0.2, 0.25) is 41.7 Å². The largest absolute Gasteiger partial charge is 0.493 e. The Bertz CT molecular complexity index is 3480. The van der Waals surface area contributed by atoms with E-state index in [1.165, 1.54) is 61.9 Å². The number of nitrogens with zero attached hydrogens (tertiary/aromatic N) is 4. The van der Waals surface area contributed by atoms with Crippen molar-refractivity contribution in [2.45, 2.75) is 149 Å². The Morgan fingerprint density at radius 2 is 1.37 bits per heavy atom. The van der Waals surface area contributed by atoms with Gasteiger partial charge in [-0.1, -0.05) is 77.3 Å². The van der Waals surface area contributed by atoms with Crippen molar-refractivity contribution in [1.29, 1.82) is 0 Å². The number of likely N-dealkylation sites (tertiary alicyclic amines) is 1. The van der Waals surface area contributed by atoms with Crippen LogP contribution in [0.5, 0.6) is 23.0 Å². The van der Waals surface area contributed by atoms with E-state index in [0.717, 1.165) is 42.7 Å². The summed E-state index contributed by atoms with van der Waals surface area (Å²) >= 11 is 1.53. The Labute approximate surface area is 589 Å². The number of rotatable bonds is 42. The van der Waals surface area contributed by atoms with Crippen LogP contribution in [-0.2, 0) is 65.5 Å². The standard InChI is InChI=1S/C72H97N9O18S/c1-11-13-14-17-36-100-62-42-65(84)79(71(62)89)27-24-63(82)74-26-29-94-31-33-96-35-34-95-32-30-93-28-25-64(83)78-66(45(3)4)69(87)76-47(6)67(85)77-51-22-20-49(21-23-51)44-97-72(90)80(46(5)12-2)57-41-61(59(92-10)39-54(57)68(86)73-8)99-48(7)98-60-40-55-53(38-58(60)91-9)70(88)81-52(43-75-55)37-50-18-15-16-19-56(50)81/h15-16,18-23,38-41,43,45-48,52,62,66H,11-14,17,24-37,42,44H2,1-10H3,(H,73,86)(H,74,82)(H,76,87)(H,77,85)(H,78,83)/t46?,47?,48?,52-,62?,66?/m0/s1. The van der Waals surface area contributed by atoms with Crippen molar-refractivity contribution < 1.29 is 85.8 Å². The summed E-state index contributed by atoms with van der Waals surface area (Å²) < 4.78 is 52.1.